The number of aromatic nitrogens is 4. The van der Waals surface area contributed by atoms with Crippen LogP contribution in [0.1, 0.15) is 30.3 Å². The van der Waals surface area contributed by atoms with E-state index in [1.54, 1.807) is 17.7 Å². The Bertz CT molecular complexity index is 898. The van der Waals surface area contributed by atoms with Crippen LogP contribution in [-0.4, -0.2) is 43.8 Å². The van der Waals surface area contributed by atoms with Gasteiger partial charge in [-0.3, -0.25) is 0 Å². The number of hydrogen-bond acceptors (Lipinski definition) is 5. The summed E-state index contributed by atoms with van der Waals surface area (Å²) in [5, 5.41) is 14.1. The SMILES string of the molecule is Cn1cnnc1C1CCN(C(=O)NCc2csc(-c3ccccc3)n2)CC1. The smallest absolute Gasteiger partial charge is 0.317 e. The van der Waals surface area contributed by atoms with Gasteiger partial charge in [0.05, 0.1) is 12.2 Å². The number of carbonyl (C=O) groups is 1. The van der Waals surface area contributed by atoms with E-state index in [9.17, 15) is 4.79 Å². The van der Waals surface area contributed by atoms with Crippen molar-refractivity contribution in [3.8, 4) is 10.6 Å². The van der Waals surface area contributed by atoms with Gasteiger partial charge in [-0.05, 0) is 12.8 Å². The zero-order chi connectivity index (χ0) is 18.6. The van der Waals surface area contributed by atoms with E-state index < -0.39 is 0 Å². The summed E-state index contributed by atoms with van der Waals surface area (Å²) in [6.45, 7) is 1.91. The Labute approximate surface area is 162 Å². The first-order valence-electron chi connectivity index (χ1n) is 9.07. The summed E-state index contributed by atoms with van der Waals surface area (Å²) in [5.74, 6) is 1.37. The van der Waals surface area contributed by atoms with Crippen LogP contribution >= 0.6 is 11.3 Å². The van der Waals surface area contributed by atoms with E-state index in [1.165, 1.54) is 0 Å². The molecule has 140 valence electrons. The number of urea groups is 1. The van der Waals surface area contributed by atoms with Crippen LogP contribution in [0.4, 0.5) is 4.79 Å². The summed E-state index contributed by atoms with van der Waals surface area (Å²) < 4.78 is 1.97. The Kier molecular flexibility index (Phi) is 5.15. The number of nitrogens with zero attached hydrogens (tertiary/aromatic N) is 5. The molecule has 8 heteroatoms. The predicted molar refractivity (Wildman–Crippen MR) is 104 cm³/mol. The highest BCUT2D eigenvalue weighted by atomic mass is 32.1. The van der Waals surface area contributed by atoms with Gasteiger partial charge in [0.15, 0.2) is 0 Å². The van der Waals surface area contributed by atoms with Crippen LogP contribution in [-0.2, 0) is 13.6 Å². The number of benzene rings is 1. The van der Waals surface area contributed by atoms with Gasteiger partial charge in [-0.2, -0.15) is 0 Å². The van der Waals surface area contributed by atoms with E-state index in [1.807, 2.05) is 52.2 Å². The van der Waals surface area contributed by atoms with Crippen LogP contribution in [0, 0.1) is 0 Å². The lowest BCUT2D eigenvalue weighted by Crippen LogP contribution is -2.44. The number of likely N-dealkylation sites (tertiary alicyclic amines) is 1. The molecular weight excluding hydrogens is 360 g/mol. The Morgan fingerprint density at radius 1 is 1.26 bits per heavy atom. The van der Waals surface area contributed by atoms with Crippen molar-refractivity contribution in [3.63, 3.8) is 0 Å². The predicted octanol–water partition coefficient (Wildman–Crippen LogP) is 3.03. The lowest BCUT2D eigenvalue weighted by Gasteiger charge is -2.31. The number of aryl methyl sites for hydroxylation is 1. The first-order chi connectivity index (χ1) is 13.2. The van der Waals surface area contributed by atoms with E-state index in [0.29, 0.717) is 12.5 Å². The fourth-order valence-electron chi connectivity index (χ4n) is 3.38. The molecule has 4 rings (SSSR count). The molecule has 1 saturated heterocycles. The van der Waals surface area contributed by atoms with Gasteiger partial charge in [0.1, 0.15) is 17.2 Å². The molecule has 1 aromatic carbocycles. The van der Waals surface area contributed by atoms with Crippen molar-refractivity contribution in [1.82, 2.24) is 30.0 Å². The lowest BCUT2D eigenvalue weighted by atomic mass is 9.96. The van der Waals surface area contributed by atoms with E-state index in [-0.39, 0.29) is 6.03 Å². The molecule has 7 nitrogen and oxygen atoms in total. The minimum absolute atomic E-state index is 0.0272. The minimum Gasteiger partial charge on any atom is -0.332 e. The van der Waals surface area contributed by atoms with Crippen molar-refractivity contribution in [2.45, 2.75) is 25.3 Å². The van der Waals surface area contributed by atoms with Crippen molar-refractivity contribution in [2.75, 3.05) is 13.1 Å². The van der Waals surface area contributed by atoms with E-state index in [0.717, 1.165) is 48.0 Å². The second-order valence-electron chi connectivity index (χ2n) is 6.73. The molecule has 0 radical (unpaired) electrons. The highest BCUT2D eigenvalue weighted by molar-refractivity contribution is 7.13. The van der Waals surface area contributed by atoms with Gasteiger partial charge < -0.3 is 14.8 Å². The van der Waals surface area contributed by atoms with Gasteiger partial charge in [0.2, 0.25) is 0 Å². The number of nitrogens with one attached hydrogen (secondary N) is 1. The van der Waals surface area contributed by atoms with Crippen molar-refractivity contribution in [3.05, 3.63) is 53.6 Å². The average molecular weight is 382 g/mol. The molecule has 2 aromatic heterocycles. The monoisotopic (exact) mass is 382 g/mol. The minimum atomic E-state index is -0.0272. The maximum atomic E-state index is 12.5. The largest absolute Gasteiger partial charge is 0.332 e. The number of piperidine rings is 1. The quantitative estimate of drug-likeness (QED) is 0.752. The maximum Gasteiger partial charge on any atom is 0.317 e. The third kappa shape index (κ3) is 4.00. The number of thiazole rings is 1. The fourth-order valence-corrected chi connectivity index (χ4v) is 4.21. The molecule has 0 bridgehead atoms. The van der Waals surface area contributed by atoms with Crippen LogP contribution in [0.3, 0.4) is 0 Å². The first kappa shape index (κ1) is 17.7. The Morgan fingerprint density at radius 3 is 2.74 bits per heavy atom. The second-order valence-corrected chi connectivity index (χ2v) is 7.59. The van der Waals surface area contributed by atoms with Gasteiger partial charge >= 0.3 is 6.03 Å². The average Bonchev–Trinajstić information content (AvgIpc) is 3.36. The number of amides is 2. The third-order valence-electron chi connectivity index (χ3n) is 4.89. The van der Waals surface area contributed by atoms with Crippen molar-refractivity contribution < 1.29 is 4.79 Å². The molecule has 0 spiro atoms. The highest BCUT2D eigenvalue weighted by Gasteiger charge is 2.26. The summed E-state index contributed by atoms with van der Waals surface area (Å²) in [7, 11) is 1.96. The standard InChI is InChI=1S/C19H22N6OS/c1-24-13-21-23-17(24)14-7-9-25(10-8-14)19(26)20-11-16-12-27-18(22-16)15-5-3-2-4-6-15/h2-6,12-14H,7-11H2,1H3,(H,20,26). The van der Waals surface area contributed by atoms with E-state index in [2.05, 4.69) is 20.5 Å². The van der Waals surface area contributed by atoms with Crippen LogP contribution in [0.5, 0.6) is 0 Å². The molecule has 1 aliphatic rings. The van der Waals surface area contributed by atoms with Crippen molar-refractivity contribution in [2.24, 2.45) is 7.05 Å². The molecular formula is C19H22N6OS. The summed E-state index contributed by atoms with van der Waals surface area (Å²) in [6, 6.07) is 10.1. The molecule has 0 saturated carbocycles. The number of rotatable bonds is 4. The van der Waals surface area contributed by atoms with E-state index in [4.69, 9.17) is 0 Å². The van der Waals surface area contributed by atoms with Crippen molar-refractivity contribution >= 4 is 17.4 Å². The summed E-state index contributed by atoms with van der Waals surface area (Å²) in [6.07, 6.45) is 3.55. The molecule has 0 unspecified atom stereocenters. The zero-order valence-electron chi connectivity index (χ0n) is 15.2. The van der Waals surface area contributed by atoms with Crippen molar-refractivity contribution in [1.29, 1.82) is 0 Å². The Hall–Kier alpha value is -2.74. The topological polar surface area (TPSA) is 75.9 Å². The molecule has 0 aliphatic carbocycles. The number of hydrogen-bond donors (Lipinski definition) is 1. The lowest BCUT2D eigenvalue weighted by molar-refractivity contribution is 0.179. The van der Waals surface area contributed by atoms with Gasteiger partial charge in [0.25, 0.3) is 0 Å². The van der Waals surface area contributed by atoms with Crippen LogP contribution in [0.25, 0.3) is 10.6 Å². The molecule has 3 heterocycles. The van der Waals surface area contributed by atoms with Crippen LogP contribution in [0.15, 0.2) is 42.0 Å². The van der Waals surface area contributed by atoms with Gasteiger partial charge in [-0.25, -0.2) is 9.78 Å². The molecule has 0 atom stereocenters. The fraction of sp³-hybridized carbons (Fsp3) is 0.368. The van der Waals surface area contributed by atoms with Gasteiger partial charge in [0, 0.05) is 37.0 Å². The van der Waals surface area contributed by atoms with E-state index >= 15 is 0 Å². The Balaban J connectivity index is 1.28. The highest BCUT2D eigenvalue weighted by Crippen LogP contribution is 2.26. The molecule has 2 amide bonds. The Morgan fingerprint density at radius 2 is 2.04 bits per heavy atom. The third-order valence-corrected chi connectivity index (χ3v) is 5.83. The molecule has 1 N–H and O–H groups in total. The van der Waals surface area contributed by atoms with Crippen LogP contribution in [0.2, 0.25) is 0 Å². The zero-order valence-corrected chi connectivity index (χ0v) is 16.0. The normalized spacial score (nSPS) is 15.1. The molecule has 1 fully saturated rings. The van der Waals surface area contributed by atoms with Gasteiger partial charge in [-0.15, -0.1) is 21.5 Å². The second kappa shape index (κ2) is 7.87. The first-order valence-corrected chi connectivity index (χ1v) is 9.95. The summed E-state index contributed by atoms with van der Waals surface area (Å²) >= 11 is 1.60. The summed E-state index contributed by atoms with van der Waals surface area (Å²) in [4.78, 5) is 19.0. The molecule has 1 aliphatic heterocycles. The van der Waals surface area contributed by atoms with Crippen LogP contribution < -0.4 is 5.32 Å². The summed E-state index contributed by atoms with van der Waals surface area (Å²) in [5.41, 5.74) is 1.99. The number of carbonyl (C=O) groups excluding carboxylic acids is 1. The maximum absolute atomic E-state index is 12.5. The molecule has 3 aromatic rings. The van der Waals surface area contributed by atoms with Gasteiger partial charge in [-0.1, -0.05) is 30.3 Å². The molecule has 27 heavy (non-hydrogen) atoms.